The summed E-state index contributed by atoms with van der Waals surface area (Å²) in [5.41, 5.74) is 2.58. The van der Waals surface area contributed by atoms with Crippen LogP contribution >= 0.6 is 0 Å². The van der Waals surface area contributed by atoms with Crippen LogP contribution in [-0.2, 0) is 0 Å². The van der Waals surface area contributed by atoms with E-state index in [1.54, 1.807) is 22.8 Å². The minimum absolute atomic E-state index is 0.0127. The van der Waals surface area contributed by atoms with Crippen molar-refractivity contribution in [2.75, 3.05) is 10.6 Å². The molecule has 1 heterocycles. The van der Waals surface area contributed by atoms with E-state index in [0.29, 0.717) is 23.3 Å². The van der Waals surface area contributed by atoms with E-state index >= 15 is 0 Å². The van der Waals surface area contributed by atoms with E-state index in [1.807, 2.05) is 67.6 Å². The van der Waals surface area contributed by atoms with Crippen LogP contribution in [0.2, 0.25) is 0 Å². The van der Waals surface area contributed by atoms with Crippen LogP contribution in [0.25, 0.3) is 5.69 Å². The molecule has 0 saturated heterocycles. The molecule has 4 N–H and O–H groups in total. The number of benzene rings is 3. The molecule has 0 radical (unpaired) electrons. The standard InChI is InChI=1S/C26H25FN6/c1-18(20-11-5-3-6-12-20)29-19(2)30-25-24(17-28)32-26(31-23-16-10-9-15-22(23)27)33(25)21-13-7-4-8-14-21/h3-18,28-30H,2H2,1H3,(H,31,32). The number of hydrogen-bond donors (Lipinski definition) is 4. The van der Waals surface area contributed by atoms with E-state index in [1.165, 1.54) is 6.07 Å². The molecule has 4 aromatic rings. The SMILES string of the molecule is C=C(Nc1c(C=N)nc(Nc2ccccc2F)n1-c1ccccc1)NC(C)c1ccccc1. The molecule has 0 bridgehead atoms. The smallest absolute Gasteiger partial charge is 0.214 e. The van der Waals surface area contributed by atoms with E-state index in [9.17, 15) is 4.39 Å². The van der Waals surface area contributed by atoms with Crippen molar-refractivity contribution < 1.29 is 4.39 Å². The summed E-state index contributed by atoms with van der Waals surface area (Å²) in [5.74, 6) is 1.06. The Bertz CT molecular complexity index is 1250. The van der Waals surface area contributed by atoms with Crippen molar-refractivity contribution in [1.82, 2.24) is 14.9 Å². The third-order valence-corrected chi connectivity index (χ3v) is 5.14. The van der Waals surface area contributed by atoms with Crippen LogP contribution in [0.15, 0.2) is 97.3 Å². The summed E-state index contributed by atoms with van der Waals surface area (Å²) in [6.07, 6.45) is 1.15. The summed E-state index contributed by atoms with van der Waals surface area (Å²) in [7, 11) is 0. The van der Waals surface area contributed by atoms with Crippen molar-refractivity contribution in [3.05, 3.63) is 114 Å². The normalized spacial score (nSPS) is 11.5. The van der Waals surface area contributed by atoms with Gasteiger partial charge in [-0.15, -0.1) is 0 Å². The zero-order chi connectivity index (χ0) is 23.2. The number of rotatable bonds is 9. The van der Waals surface area contributed by atoms with Gasteiger partial charge >= 0.3 is 0 Å². The fraction of sp³-hybridized carbons (Fsp3) is 0.0769. The Hall–Kier alpha value is -4.39. The Balaban J connectivity index is 1.69. The first-order chi connectivity index (χ1) is 16.1. The van der Waals surface area contributed by atoms with Crippen molar-refractivity contribution in [3.63, 3.8) is 0 Å². The third kappa shape index (κ3) is 4.93. The van der Waals surface area contributed by atoms with Crippen LogP contribution in [0.1, 0.15) is 24.2 Å². The van der Waals surface area contributed by atoms with Gasteiger partial charge in [0, 0.05) is 12.3 Å². The number of aromatic nitrogens is 2. The molecule has 1 aromatic heterocycles. The van der Waals surface area contributed by atoms with E-state index < -0.39 is 5.82 Å². The number of nitrogens with one attached hydrogen (secondary N) is 4. The average molecular weight is 441 g/mol. The molecule has 0 fully saturated rings. The van der Waals surface area contributed by atoms with Gasteiger partial charge in [0.1, 0.15) is 17.3 Å². The van der Waals surface area contributed by atoms with Gasteiger partial charge in [-0.05, 0) is 36.8 Å². The van der Waals surface area contributed by atoms with Crippen LogP contribution in [-0.4, -0.2) is 15.8 Å². The highest BCUT2D eigenvalue weighted by Gasteiger charge is 2.19. The number of anilines is 3. The van der Waals surface area contributed by atoms with Gasteiger partial charge < -0.3 is 21.4 Å². The minimum Gasteiger partial charge on any atom is -0.366 e. The van der Waals surface area contributed by atoms with Gasteiger partial charge in [0.2, 0.25) is 5.95 Å². The third-order valence-electron chi connectivity index (χ3n) is 5.14. The molecule has 7 heteroatoms. The molecule has 6 nitrogen and oxygen atoms in total. The van der Waals surface area contributed by atoms with Crippen LogP contribution in [0, 0.1) is 11.2 Å². The summed E-state index contributed by atoms with van der Waals surface area (Å²) in [5, 5.41) is 17.6. The quantitative estimate of drug-likeness (QED) is 0.241. The predicted octanol–water partition coefficient (Wildman–Crippen LogP) is 5.99. The molecule has 3 aromatic carbocycles. The van der Waals surface area contributed by atoms with Gasteiger partial charge in [0.15, 0.2) is 0 Å². The second-order valence-electron chi connectivity index (χ2n) is 7.47. The lowest BCUT2D eigenvalue weighted by molar-refractivity contribution is 0.631. The molecule has 0 amide bonds. The number of imidazole rings is 1. The van der Waals surface area contributed by atoms with Crippen LogP contribution < -0.4 is 16.0 Å². The first-order valence-corrected chi connectivity index (χ1v) is 10.5. The van der Waals surface area contributed by atoms with E-state index in [2.05, 4.69) is 27.5 Å². The van der Waals surface area contributed by atoms with E-state index in [-0.39, 0.29) is 11.7 Å². The number of halogens is 1. The minimum atomic E-state index is -0.395. The molecule has 1 atom stereocenters. The first-order valence-electron chi connectivity index (χ1n) is 10.5. The molecule has 1 unspecified atom stereocenters. The van der Waals surface area contributed by atoms with Crippen molar-refractivity contribution >= 4 is 23.7 Å². The molecule has 166 valence electrons. The lowest BCUT2D eigenvalue weighted by Gasteiger charge is -2.20. The fourth-order valence-corrected chi connectivity index (χ4v) is 3.52. The highest BCUT2D eigenvalue weighted by molar-refractivity contribution is 5.85. The van der Waals surface area contributed by atoms with Crippen molar-refractivity contribution in [1.29, 1.82) is 5.41 Å². The summed E-state index contributed by atoms with van der Waals surface area (Å²) in [4.78, 5) is 4.54. The Kier molecular flexibility index (Phi) is 6.50. The molecule has 0 spiro atoms. The van der Waals surface area contributed by atoms with Crippen LogP contribution in [0.5, 0.6) is 0 Å². The van der Waals surface area contributed by atoms with Gasteiger partial charge in [-0.2, -0.15) is 0 Å². The van der Waals surface area contributed by atoms with Crippen LogP contribution in [0.3, 0.4) is 0 Å². The highest BCUT2D eigenvalue weighted by atomic mass is 19.1. The Labute approximate surface area is 192 Å². The zero-order valence-corrected chi connectivity index (χ0v) is 18.2. The number of para-hydroxylation sites is 2. The van der Waals surface area contributed by atoms with Gasteiger partial charge in [0.05, 0.1) is 17.2 Å². The molecule has 0 saturated carbocycles. The Morgan fingerprint density at radius 1 is 1.00 bits per heavy atom. The summed E-state index contributed by atoms with van der Waals surface area (Å²) >= 11 is 0. The monoisotopic (exact) mass is 440 g/mol. The Morgan fingerprint density at radius 2 is 1.64 bits per heavy atom. The average Bonchev–Trinajstić information content (AvgIpc) is 3.18. The van der Waals surface area contributed by atoms with Gasteiger partial charge in [-0.1, -0.05) is 67.2 Å². The molecule has 4 rings (SSSR count). The van der Waals surface area contributed by atoms with Gasteiger partial charge in [0.25, 0.3) is 0 Å². The fourth-order valence-electron chi connectivity index (χ4n) is 3.52. The number of hydrogen-bond acceptors (Lipinski definition) is 5. The van der Waals surface area contributed by atoms with E-state index in [4.69, 9.17) is 5.41 Å². The zero-order valence-electron chi connectivity index (χ0n) is 18.2. The second-order valence-corrected chi connectivity index (χ2v) is 7.47. The lowest BCUT2D eigenvalue weighted by atomic mass is 10.1. The molecule has 0 aliphatic heterocycles. The maximum Gasteiger partial charge on any atom is 0.214 e. The van der Waals surface area contributed by atoms with Gasteiger partial charge in [-0.25, -0.2) is 9.37 Å². The first kappa shape index (κ1) is 21.8. The topological polar surface area (TPSA) is 77.8 Å². The maximum absolute atomic E-state index is 14.3. The van der Waals surface area contributed by atoms with Crippen LogP contribution in [0.4, 0.5) is 21.8 Å². The molecule has 0 aliphatic rings. The summed E-state index contributed by atoms with van der Waals surface area (Å²) in [6, 6.07) is 26.0. The highest BCUT2D eigenvalue weighted by Crippen LogP contribution is 2.29. The van der Waals surface area contributed by atoms with E-state index in [0.717, 1.165) is 17.5 Å². The summed E-state index contributed by atoms with van der Waals surface area (Å²) < 4.78 is 16.1. The molecule has 0 aliphatic carbocycles. The maximum atomic E-state index is 14.3. The number of nitrogens with zero attached hydrogens (tertiary/aromatic N) is 2. The molecular formula is C26H25FN6. The Morgan fingerprint density at radius 3 is 2.30 bits per heavy atom. The predicted molar refractivity (Wildman–Crippen MR) is 132 cm³/mol. The van der Waals surface area contributed by atoms with Crippen molar-refractivity contribution in [2.45, 2.75) is 13.0 Å². The van der Waals surface area contributed by atoms with Crippen molar-refractivity contribution in [3.8, 4) is 5.69 Å². The molecular weight excluding hydrogens is 415 g/mol. The van der Waals surface area contributed by atoms with Crippen molar-refractivity contribution in [2.24, 2.45) is 0 Å². The summed E-state index contributed by atoms with van der Waals surface area (Å²) in [6.45, 7) is 6.16. The lowest BCUT2D eigenvalue weighted by Crippen LogP contribution is -2.23. The largest absolute Gasteiger partial charge is 0.366 e. The second kappa shape index (κ2) is 9.82. The van der Waals surface area contributed by atoms with Gasteiger partial charge in [-0.3, -0.25) is 4.57 Å². The molecule has 33 heavy (non-hydrogen) atoms.